The van der Waals surface area contributed by atoms with E-state index in [4.69, 9.17) is 5.73 Å². The molecule has 1 aliphatic rings. The highest BCUT2D eigenvalue weighted by atomic mass is 16.4. The smallest absolute Gasteiger partial charge is 0.329 e. The topological polar surface area (TPSA) is 92.4 Å². The molecule has 19 heavy (non-hydrogen) atoms. The highest BCUT2D eigenvalue weighted by Gasteiger charge is 2.43. The predicted molar refractivity (Wildman–Crippen MR) is 70.3 cm³/mol. The van der Waals surface area contributed by atoms with Crippen LogP contribution in [-0.4, -0.2) is 22.5 Å². The SMILES string of the molecule is N[C@H](C(=O)NC1(C(=O)O)CCCC1)c1ccccc1. The summed E-state index contributed by atoms with van der Waals surface area (Å²) in [6.07, 6.45) is 2.56. The van der Waals surface area contributed by atoms with Crippen LogP contribution in [0.2, 0.25) is 0 Å². The first-order chi connectivity index (χ1) is 9.05. The number of hydrogen-bond acceptors (Lipinski definition) is 3. The van der Waals surface area contributed by atoms with E-state index < -0.39 is 23.5 Å². The van der Waals surface area contributed by atoms with Crippen molar-refractivity contribution >= 4 is 11.9 Å². The summed E-state index contributed by atoms with van der Waals surface area (Å²) in [4.78, 5) is 23.5. The van der Waals surface area contributed by atoms with Crippen LogP contribution in [0.5, 0.6) is 0 Å². The highest BCUT2D eigenvalue weighted by Crippen LogP contribution is 2.30. The Bertz CT molecular complexity index is 467. The normalized spacial score (nSPS) is 18.8. The first-order valence-electron chi connectivity index (χ1n) is 6.41. The minimum atomic E-state index is -1.14. The van der Waals surface area contributed by atoms with Gasteiger partial charge in [0.25, 0.3) is 0 Å². The number of nitrogens with two attached hydrogens (primary N) is 1. The van der Waals surface area contributed by atoms with Gasteiger partial charge in [-0.2, -0.15) is 0 Å². The summed E-state index contributed by atoms with van der Waals surface area (Å²) in [7, 11) is 0. The molecule has 1 aromatic rings. The van der Waals surface area contributed by atoms with E-state index in [1.165, 1.54) is 0 Å². The summed E-state index contributed by atoms with van der Waals surface area (Å²) >= 11 is 0. The number of carboxylic acid groups (broad SMARTS) is 1. The lowest BCUT2D eigenvalue weighted by molar-refractivity contribution is -0.147. The summed E-state index contributed by atoms with van der Waals surface area (Å²) in [6, 6.07) is 8.11. The van der Waals surface area contributed by atoms with Crippen molar-refractivity contribution in [2.45, 2.75) is 37.3 Å². The number of nitrogens with one attached hydrogen (secondary N) is 1. The van der Waals surface area contributed by atoms with Gasteiger partial charge in [0, 0.05) is 0 Å². The Morgan fingerprint density at radius 3 is 2.32 bits per heavy atom. The molecule has 0 aliphatic heterocycles. The Morgan fingerprint density at radius 1 is 1.21 bits per heavy atom. The number of hydrogen-bond donors (Lipinski definition) is 3. The first-order valence-corrected chi connectivity index (χ1v) is 6.41. The molecule has 0 radical (unpaired) electrons. The zero-order valence-corrected chi connectivity index (χ0v) is 10.6. The predicted octanol–water partition coefficient (Wildman–Crippen LogP) is 1.20. The van der Waals surface area contributed by atoms with Crippen LogP contribution < -0.4 is 11.1 Å². The van der Waals surface area contributed by atoms with E-state index in [0.29, 0.717) is 18.4 Å². The van der Waals surface area contributed by atoms with Crippen LogP contribution >= 0.6 is 0 Å². The Kier molecular flexibility index (Phi) is 3.85. The fourth-order valence-corrected chi connectivity index (χ4v) is 2.50. The molecule has 1 atom stereocenters. The van der Waals surface area contributed by atoms with Gasteiger partial charge < -0.3 is 16.2 Å². The second-order valence-corrected chi connectivity index (χ2v) is 4.97. The van der Waals surface area contributed by atoms with Crippen molar-refractivity contribution < 1.29 is 14.7 Å². The second-order valence-electron chi connectivity index (χ2n) is 4.97. The first kappa shape index (κ1) is 13.5. The van der Waals surface area contributed by atoms with Gasteiger partial charge in [0.1, 0.15) is 11.6 Å². The molecular formula is C14H18N2O3. The quantitative estimate of drug-likeness (QED) is 0.760. The standard InChI is InChI=1S/C14H18N2O3/c15-11(10-6-2-1-3-7-10)12(17)16-14(13(18)19)8-4-5-9-14/h1-3,6-7,11H,4-5,8-9,15H2,(H,16,17)(H,18,19)/t11-/m0/s1. The van der Waals surface area contributed by atoms with Crippen molar-refractivity contribution in [2.24, 2.45) is 5.73 Å². The third-order valence-electron chi connectivity index (χ3n) is 3.67. The molecule has 1 aliphatic carbocycles. The summed E-state index contributed by atoms with van der Waals surface area (Å²) < 4.78 is 0. The molecule has 1 fully saturated rings. The Labute approximate surface area is 111 Å². The molecule has 5 nitrogen and oxygen atoms in total. The summed E-state index contributed by atoms with van der Waals surface area (Å²) in [5.41, 5.74) is 5.41. The maximum Gasteiger partial charge on any atom is 0.329 e. The van der Waals surface area contributed by atoms with Crippen LogP contribution in [0, 0.1) is 0 Å². The third kappa shape index (κ3) is 2.76. The Balaban J connectivity index is 2.10. The second kappa shape index (κ2) is 5.40. The summed E-state index contributed by atoms with van der Waals surface area (Å²) in [5, 5.41) is 11.9. The number of amides is 1. The highest BCUT2D eigenvalue weighted by molar-refractivity contribution is 5.90. The van der Waals surface area contributed by atoms with Crippen molar-refractivity contribution in [2.75, 3.05) is 0 Å². The van der Waals surface area contributed by atoms with Crippen LogP contribution in [0.1, 0.15) is 37.3 Å². The number of carbonyl (C=O) groups is 2. The molecule has 2 rings (SSSR count). The van der Waals surface area contributed by atoms with Crippen LogP contribution in [-0.2, 0) is 9.59 Å². The Hall–Kier alpha value is -1.88. The lowest BCUT2D eigenvalue weighted by Gasteiger charge is -2.27. The van der Waals surface area contributed by atoms with Crippen molar-refractivity contribution in [1.29, 1.82) is 0 Å². The van der Waals surface area contributed by atoms with Gasteiger partial charge in [-0.1, -0.05) is 43.2 Å². The zero-order chi connectivity index (χ0) is 13.9. The summed E-state index contributed by atoms with van der Waals surface area (Å²) in [6.45, 7) is 0. The van der Waals surface area contributed by atoms with Crippen LogP contribution in [0.25, 0.3) is 0 Å². The van der Waals surface area contributed by atoms with E-state index in [9.17, 15) is 14.7 Å². The number of rotatable bonds is 4. The van der Waals surface area contributed by atoms with Crippen molar-refractivity contribution in [1.82, 2.24) is 5.32 Å². The fraction of sp³-hybridized carbons (Fsp3) is 0.429. The van der Waals surface area contributed by atoms with Gasteiger partial charge in [-0.25, -0.2) is 4.79 Å². The molecule has 0 spiro atoms. The molecule has 0 heterocycles. The minimum Gasteiger partial charge on any atom is -0.480 e. The van der Waals surface area contributed by atoms with E-state index in [1.807, 2.05) is 6.07 Å². The van der Waals surface area contributed by atoms with Crippen molar-refractivity contribution in [3.63, 3.8) is 0 Å². The van der Waals surface area contributed by atoms with E-state index in [-0.39, 0.29) is 0 Å². The minimum absolute atomic E-state index is 0.435. The van der Waals surface area contributed by atoms with Gasteiger partial charge in [-0.3, -0.25) is 4.79 Å². The van der Waals surface area contributed by atoms with Crippen molar-refractivity contribution in [3.05, 3.63) is 35.9 Å². The van der Waals surface area contributed by atoms with Gasteiger partial charge in [0.2, 0.25) is 5.91 Å². The van der Waals surface area contributed by atoms with Crippen LogP contribution in [0.4, 0.5) is 0 Å². The van der Waals surface area contributed by atoms with Gasteiger partial charge in [0.15, 0.2) is 0 Å². The molecule has 4 N–H and O–H groups in total. The molecular weight excluding hydrogens is 244 g/mol. The summed E-state index contributed by atoms with van der Waals surface area (Å²) in [5.74, 6) is -1.41. The lowest BCUT2D eigenvalue weighted by Crippen LogP contribution is -2.54. The van der Waals surface area contributed by atoms with Gasteiger partial charge in [-0.05, 0) is 18.4 Å². The molecule has 5 heteroatoms. The zero-order valence-electron chi connectivity index (χ0n) is 10.6. The number of carboxylic acids is 1. The molecule has 1 aromatic carbocycles. The molecule has 0 bridgehead atoms. The maximum absolute atomic E-state index is 12.1. The average molecular weight is 262 g/mol. The van der Waals surface area contributed by atoms with Crippen molar-refractivity contribution in [3.8, 4) is 0 Å². The Morgan fingerprint density at radius 2 is 1.79 bits per heavy atom. The molecule has 0 unspecified atom stereocenters. The van der Waals surface area contributed by atoms with Gasteiger partial charge >= 0.3 is 5.97 Å². The largest absolute Gasteiger partial charge is 0.480 e. The molecule has 1 saturated carbocycles. The van der Waals surface area contributed by atoms with E-state index >= 15 is 0 Å². The van der Waals surface area contributed by atoms with E-state index in [2.05, 4.69) is 5.32 Å². The molecule has 1 amide bonds. The number of carbonyl (C=O) groups excluding carboxylic acids is 1. The van der Waals surface area contributed by atoms with Gasteiger partial charge in [0.05, 0.1) is 0 Å². The van der Waals surface area contributed by atoms with Gasteiger partial charge in [-0.15, -0.1) is 0 Å². The monoisotopic (exact) mass is 262 g/mol. The van der Waals surface area contributed by atoms with Crippen LogP contribution in [0.15, 0.2) is 30.3 Å². The molecule has 0 aromatic heterocycles. The lowest BCUT2D eigenvalue weighted by atomic mass is 9.96. The maximum atomic E-state index is 12.1. The molecule has 0 saturated heterocycles. The average Bonchev–Trinajstić information content (AvgIpc) is 2.88. The fourth-order valence-electron chi connectivity index (χ4n) is 2.50. The number of aliphatic carboxylic acids is 1. The van der Waals surface area contributed by atoms with E-state index in [0.717, 1.165) is 12.8 Å². The van der Waals surface area contributed by atoms with Crippen LogP contribution in [0.3, 0.4) is 0 Å². The number of benzene rings is 1. The van der Waals surface area contributed by atoms with E-state index in [1.54, 1.807) is 24.3 Å². The third-order valence-corrected chi connectivity index (χ3v) is 3.67. The molecule has 102 valence electrons.